The van der Waals surface area contributed by atoms with E-state index in [1.807, 2.05) is 31.1 Å². The summed E-state index contributed by atoms with van der Waals surface area (Å²) in [5.41, 5.74) is 5.56. The number of hydrogen-bond acceptors (Lipinski definition) is 10. The third-order valence-electron chi connectivity index (χ3n) is 9.48. The predicted octanol–water partition coefficient (Wildman–Crippen LogP) is 2.94. The monoisotopic (exact) mass is 618 g/mol. The molecule has 11 heteroatoms. The number of hydrogen-bond donors (Lipinski definition) is 6. The number of anilines is 2. The Morgan fingerprint density at radius 2 is 1.69 bits per heavy atom. The molecule has 0 spiro atoms. The van der Waals surface area contributed by atoms with Crippen molar-refractivity contribution in [1.82, 2.24) is 4.90 Å². The Bertz CT molecular complexity index is 1670. The normalized spacial score (nSPS) is 24.8. The molecule has 0 aromatic heterocycles. The number of primary amides is 1. The molecule has 3 aliphatic rings. The van der Waals surface area contributed by atoms with Gasteiger partial charge in [-0.25, -0.2) is 0 Å². The van der Waals surface area contributed by atoms with Crippen LogP contribution in [0.1, 0.15) is 49.4 Å². The van der Waals surface area contributed by atoms with E-state index >= 15 is 0 Å². The number of Topliss-reactive ketones (excluding diaryl/α,β-unsaturated/α-hetero) is 2. The molecule has 240 valence electrons. The van der Waals surface area contributed by atoms with Crippen LogP contribution in [0.3, 0.4) is 0 Å². The number of aliphatic hydroxyl groups is 3. The lowest BCUT2D eigenvalue weighted by Crippen LogP contribution is -2.65. The summed E-state index contributed by atoms with van der Waals surface area (Å²) in [5.74, 6) is -6.76. The Hall–Kier alpha value is -4.35. The molecule has 2 aromatic carbocycles. The van der Waals surface area contributed by atoms with Crippen LogP contribution in [-0.4, -0.2) is 82.6 Å². The number of aliphatic hydroxyl groups excluding tert-OH is 2. The fourth-order valence-corrected chi connectivity index (χ4v) is 7.15. The summed E-state index contributed by atoms with van der Waals surface area (Å²) in [6.45, 7) is 6.78. The van der Waals surface area contributed by atoms with Gasteiger partial charge in [0.2, 0.25) is 5.78 Å². The zero-order chi connectivity index (χ0) is 33.3. The van der Waals surface area contributed by atoms with Gasteiger partial charge in [0, 0.05) is 37.8 Å². The Balaban J connectivity index is 1.61. The van der Waals surface area contributed by atoms with Crippen LogP contribution in [0, 0.1) is 11.8 Å². The average molecular weight is 619 g/mol. The summed E-state index contributed by atoms with van der Waals surface area (Å²) in [5, 5.41) is 49.4. The molecule has 3 aliphatic carbocycles. The van der Waals surface area contributed by atoms with E-state index in [2.05, 4.69) is 38.2 Å². The van der Waals surface area contributed by atoms with Crippen molar-refractivity contribution in [3.8, 4) is 5.75 Å². The maximum atomic E-state index is 14.2. The fourth-order valence-electron chi connectivity index (χ4n) is 7.15. The number of rotatable bonds is 6. The van der Waals surface area contributed by atoms with Gasteiger partial charge in [-0.2, -0.15) is 0 Å². The van der Waals surface area contributed by atoms with Crippen molar-refractivity contribution in [2.75, 3.05) is 38.4 Å². The molecule has 45 heavy (non-hydrogen) atoms. The van der Waals surface area contributed by atoms with Gasteiger partial charge in [0.1, 0.15) is 22.8 Å². The van der Waals surface area contributed by atoms with Gasteiger partial charge in [-0.1, -0.05) is 45.0 Å². The summed E-state index contributed by atoms with van der Waals surface area (Å²) in [7, 11) is 6.81. The summed E-state index contributed by atoms with van der Waals surface area (Å²) < 4.78 is 0. The van der Waals surface area contributed by atoms with Gasteiger partial charge >= 0.3 is 0 Å². The molecule has 0 saturated heterocycles. The molecule has 1 amide bonds. The first-order chi connectivity index (χ1) is 20.9. The van der Waals surface area contributed by atoms with Gasteiger partial charge in [-0.05, 0) is 61.0 Å². The highest BCUT2D eigenvalue weighted by Crippen LogP contribution is 2.54. The van der Waals surface area contributed by atoms with Crippen molar-refractivity contribution < 1.29 is 34.8 Å². The lowest BCUT2D eigenvalue weighted by Gasteiger charge is -2.50. The molecule has 2 aromatic rings. The predicted molar refractivity (Wildman–Crippen MR) is 171 cm³/mol. The smallest absolute Gasteiger partial charge is 0.255 e. The van der Waals surface area contributed by atoms with Crippen molar-refractivity contribution in [2.24, 2.45) is 17.6 Å². The first-order valence-electron chi connectivity index (χ1n) is 14.9. The van der Waals surface area contributed by atoms with Crippen LogP contribution in [0.2, 0.25) is 0 Å². The Labute approximate surface area is 262 Å². The van der Waals surface area contributed by atoms with Crippen molar-refractivity contribution in [3.05, 3.63) is 69.5 Å². The summed E-state index contributed by atoms with van der Waals surface area (Å²) in [6, 6.07) is 8.80. The molecule has 5 rings (SSSR count). The topological polar surface area (TPSA) is 177 Å². The number of ketones is 2. The first kappa shape index (κ1) is 32.1. The highest BCUT2D eigenvalue weighted by Gasteiger charge is 2.64. The molecule has 0 heterocycles. The van der Waals surface area contributed by atoms with E-state index in [0.29, 0.717) is 23.5 Å². The largest absolute Gasteiger partial charge is 0.508 e. The SMILES string of the molecule is CN(C)c1cc(NCc2ccc(C(C)(C)C)cc2)c(O)c2c1CC1CC3C(N(C)C)C(=O)C(C(N)=O)=C(O)C3(O)C(=O)C1=C2O. The Morgan fingerprint density at radius 3 is 2.22 bits per heavy atom. The van der Waals surface area contributed by atoms with Gasteiger partial charge in [-0.3, -0.25) is 19.3 Å². The third-order valence-corrected chi connectivity index (χ3v) is 9.48. The van der Waals surface area contributed by atoms with E-state index in [4.69, 9.17) is 5.73 Å². The minimum absolute atomic E-state index is 0.00443. The zero-order valence-corrected chi connectivity index (χ0v) is 26.7. The van der Waals surface area contributed by atoms with Crippen molar-refractivity contribution >= 4 is 34.6 Å². The fraction of sp³-hybridized carbons (Fsp3) is 0.441. The van der Waals surface area contributed by atoms with E-state index in [-0.39, 0.29) is 35.1 Å². The number of fused-ring (bicyclic) bond motifs is 3. The second kappa shape index (κ2) is 10.9. The first-order valence-corrected chi connectivity index (χ1v) is 14.9. The minimum Gasteiger partial charge on any atom is -0.508 e. The number of amides is 1. The molecule has 0 radical (unpaired) electrons. The Kier molecular flexibility index (Phi) is 7.78. The van der Waals surface area contributed by atoms with Crippen LogP contribution >= 0.6 is 0 Å². The number of nitrogens with zero attached hydrogens (tertiary/aromatic N) is 2. The van der Waals surface area contributed by atoms with Gasteiger partial charge in [-0.15, -0.1) is 0 Å². The summed E-state index contributed by atoms with van der Waals surface area (Å²) >= 11 is 0. The van der Waals surface area contributed by atoms with E-state index in [1.54, 1.807) is 20.2 Å². The number of nitrogens with one attached hydrogen (secondary N) is 1. The lowest BCUT2D eigenvalue weighted by atomic mass is 9.57. The second-order valence-corrected chi connectivity index (χ2v) is 13.8. The van der Waals surface area contributed by atoms with Crippen molar-refractivity contribution in [2.45, 2.75) is 57.2 Å². The molecular weight excluding hydrogens is 576 g/mol. The summed E-state index contributed by atoms with van der Waals surface area (Å²) in [6.07, 6.45) is 0.244. The molecular formula is C34H42N4O7. The number of nitrogens with two attached hydrogens (primary N) is 1. The average Bonchev–Trinajstić information content (AvgIpc) is 2.93. The van der Waals surface area contributed by atoms with Crippen LogP contribution in [0.5, 0.6) is 5.75 Å². The quantitative estimate of drug-likeness (QED) is 0.208. The number of phenols is 1. The molecule has 1 fully saturated rings. The number of phenolic OH excluding ortho intramolecular Hbond substituents is 1. The van der Waals surface area contributed by atoms with E-state index in [1.165, 1.54) is 10.5 Å². The van der Waals surface area contributed by atoms with Gasteiger partial charge in [0.15, 0.2) is 11.4 Å². The minimum atomic E-state index is -2.68. The summed E-state index contributed by atoms with van der Waals surface area (Å²) in [4.78, 5) is 43.0. The molecule has 4 atom stereocenters. The number of aromatic hydroxyl groups is 1. The number of benzene rings is 2. The van der Waals surface area contributed by atoms with Crippen molar-refractivity contribution in [1.29, 1.82) is 0 Å². The number of likely N-dealkylation sites (N-methyl/N-ethyl adjacent to an activating group) is 1. The van der Waals surface area contributed by atoms with E-state index < -0.39 is 58.0 Å². The number of carbonyl (C=O) groups excluding carboxylic acids is 3. The standard InChI is InChI=1S/C34H42N4O7/c1-33(2,3)18-10-8-16(9-11-18)15-36-21-14-22(37(4)5)19-12-17-13-20-26(38(6)7)29(41)25(32(35)44)31(43)34(20,45)30(42)23(17)28(40)24(19)27(21)39/h8-11,14,17,20,26,36,39-40,43,45H,12-13,15H2,1-7H3,(H2,35,44). The molecule has 7 N–H and O–H groups in total. The van der Waals surface area contributed by atoms with Crippen LogP contribution in [0.25, 0.3) is 5.76 Å². The van der Waals surface area contributed by atoms with Gasteiger partial charge in [0.25, 0.3) is 5.91 Å². The highest BCUT2D eigenvalue weighted by molar-refractivity contribution is 6.24. The maximum Gasteiger partial charge on any atom is 0.255 e. The van der Waals surface area contributed by atoms with Crippen molar-refractivity contribution in [3.63, 3.8) is 0 Å². The molecule has 0 bridgehead atoms. The van der Waals surface area contributed by atoms with Gasteiger partial charge in [0.05, 0.1) is 17.3 Å². The van der Waals surface area contributed by atoms with Crippen LogP contribution < -0.4 is 16.0 Å². The van der Waals surface area contributed by atoms with E-state index in [9.17, 15) is 34.8 Å². The highest BCUT2D eigenvalue weighted by atomic mass is 16.3. The maximum absolute atomic E-state index is 14.2. The molecule has 4 unspecified atom stereocenters. The Morgan fingerprint density at radius 1 is 1.07 bits per heavy atom. The lowest BCUT2D eigenvalue weighted by molar-refractivity contribution is -0.153. The number of carbonyl (C=O) groups is 3. The van der Waals surface area contributed by atoms with Crippen LogP contribution in [-0.2, 0) is 32.8 Å². The second-order valence-electron chi connectivity index (χ2n) is 13.8. The molecule has 0 aliphatic heterocycles. The van der Waals surface area contributed by atoms with Crippen LogP contribution in [0.4, 0.5) is 11.4 Å². The van der Waals surface area contributed by atoms with Gasteiger partial charge < -0.3 is 36.4 Å². The third kappa shape index (κ3) is 4.94. The van der Waals surface area contributed by atoms with Crippen LogP contribution in [0.15, 0.2) is 47.2 Å². The van der Waals surface area contributed by atoms with E-state index in [0.717, 1.165) is 5.56 Å². The molecule has 11 nitrogen and oxygen atoms in total. The molecule has 1 saturated carbocycles. The zero-order valence-electron chi connectivity index (χ0n) is 26.7.